The van der Waals surface area contributed by atoms with Gasteiger partial charge in [-0.1, -0.05) is 29.8 Å². The van der Waals surface area contributed by atoms with Crippen molar-refractivity contribution < 1.29 is 19.3 Å². The van der Waals surface area contributed by atoms with Crippen LogP contribution >= 0.6 is 0 Å². The van der Waals surface area contributed by atoms with E-state index >= 15 is 0 Å². The molecule has 0 radical (unpaired) electrons. The van der Waals surface area contributed by atoms with Crippen LogP contribution in [0.1, 0.15) is 24.0 Å². The highest BCUT2D eigenvalue weighted by atomic mass is 16.5. The lowest BCUT2D eigenvalue weighted by Crippen LogP contribution is -2.48. The molecule has 32 heavy (non-hydrogen) atoms. The maximum absolute atomic E-state index is 11.1. The number of hydrogen-bond donors (Lipinski definition) is 1. The first kappa shape index (κ1) is 23.1. The lowest BCUT2D eigenvalue weighted by molar-refractivity contribution is -0.0646. The molecule has 0 aromatic heterocycles. The van der Waals surface area contributed by atoms with Crippen molar-refractivity contribution in [3.8, 4) is 11.5 Å². The summed E-state index contributed by atoms with van der Waals surface area (Å²) in [4.78, 5) is 4.69. The summed E-state index contributed by atoms with van der Waals surface area (Å²) in [7, 11) is 0. The van der Waals surface area contributed by atoms with Gasteiger partial charge in [0.25, 0.3) is 0 Å². The maximum atomic E-state index is 11.1. The van der Waals surface area contributed by atoms with Crippen molar-refractivity contribution in [3.63, 3.8) is 0 Å². The fourth-order valence-corrected chi connectivity index (χ4v) is 4.32. The molecule has 2 saturated heterocycles. The summed E-state index contributed by atoms with van der Waals surface area (Å²) in [6.45, 7) is 9.30. The van der Waals surface area contributed by atoms with Gasteiger partial charge in [0, 0.05) is 26.2 Å². The molecule has 1 N–H and O–H groups in total. The SMILES string of the molecule is Cc1ccc(OC[C@@]2(O)COCCN(Cc3ccc(OCCN4CCCC4)cc3)C2)cc1. The highest BCUT2D eigenvalue weighted by molar-refractivity contribution is 5.28. The monoisotopic (exact) mass is 440 g/mol. The average Bonchev–Trinajstić information content (AvgIpc) is 3.24. The number of β-amino-alcohol motifs (C(OH)–C–C–N with tert-alkyl or cyclic N) is 1. The number of hydrogen-bond acceptors (Lipinski definition) is 6. The summed E-state index contributed by atoms with van der Waals surface area (Å²) in [5.74, 6) is 1.68. The Morgan fingerprint density at radius 2 is 1.59 bits per heavy atom. The third-order valence-corrected chi connectivity index (χ3v) is 6.17. The molecule has 0 saturated carbocycles. The van der Waals surface area contributed by atoms with Crippen LogP contribution in [0.3, 0.4) is 0 Å². The predicted molar refractivity (Wildman–Crippen MR) is 125 cm³/mol. The molecule has 2 heterocycles. The van der Waals surface area contributed by atoms with Gasteiger partial charge in [-0.3, -0.25) is 9.80 Å². The van der Waals surface area contributed by atoms with Gasteiger partial charge >= 0.3 is 0 Å². The molecule has 0 aliphatic carbocycles. The first-order chi connectivity index (χ1) is 15.6. The molecular weight excluding hydrogens is 404 g/mol. The fourth-order valence-electron chi connectivity index (χ4n) is 4.32. The summed E-state index contributed by atoms with van der Waals surface area (Å²) in [5, 5.41) is 11.1. The van der Waals surface area contributed by atoms with Crippen molar-refractivity contribution in [1.29, 1.82) is 0 Å². The molecule has 2 aromatic carbocycles. The number of rotatable bonds is 9. The Hall–Kier alpha value is -2.12. The largest absolute Gasteiger partial charge is 0.492 e. The molecule has 2 fully saturated rings. The van der Waals surface area contributed by atoms with Crippen LogP contribution < -0.4 is 9.47 Å². The van der Waals surface area contributed by atoms with E-state index in [0.29, 0.717) is 13.2 Å². The van der Waals surface area contributed by atoms with Gasteiger partial charge in [-0.25, -0.2) is 0 Å². The van der Waals surface area contributed by atoms with Gasteiger partial charge in [0.2, 0.25) is 0 Å². The number of benzene rings is 2. The zero-order chi connectivity index (χ0) is 22.2. The van der Waals surface area contributed by atoms with Gasteiger partial charge in [-0.15, -0.1) is 0 Å². The number of ether oxygens (including phenoxy) is 3. The number of aliphatic hydroxyl groups is 1. The van der Waals surface area contributed by atoms with Gasteiger partial charge in [0.05, 0.1) is 13.2 Å². The minimum absolute atomic E-state index is 0.205. The lowest BCUT2D eigenvalue weighted by Gasteiger charge is -2.30. The van der Waals surface area contributed by atoms with E-state index in [-0.39, 0.29) is 13.2 Å². The minimum Gasteiger partial charge on any atom is -0.492 e. The lowest BCUT2D eigenvalue weighted by atomic mass is 10.1. The number of nitrogens with zero attached hydrogens (tertiary/aromatic N) is 2. The standard InChI is InChI=1S/C26H36N2O4/c1-22-4-8-25(9-5-22)32-21-26(29)19-28(14-16-30-20-26)18-23-6-10-24(11-7-23)31-17-15-27-12-2-3-13-27/h4-11,29H,2-3,12-21H2,1H3/t26-/m0/s1. The molecule has 2 aromatic rings. The molecular formula is C26H36N2O4. The normalized spacial score (nSPS) is 22.6. The Bertz CT molecular complexity index is 821. The molecule has 2 aliphatic rings. The highest BCUT2D eigenvalue weighted by Crippen LogP contribution is 2.20. The molecule has 0 spiro atoms. The molecule has 6 nitrogen and oxygen atoms in total. The topological polar surface area (TPSA) is 54.4 Å². The average molecular weight is 441 g/mol. The van der Waals surface area contributed by atoms with Gasteiger partial charge < -0.3 is 19.3 Å². The van der Waals surface area contributed by atoms with Crippen LogP contribution in [0, 0.1) is 6.92 Å². The Morgan fingerprint density at radius 1 is 0.906 bits per heavy atom. The van der Waals surface area contributed by atoms with Crippen LogP contribution in [0.2, 0.25) is 0 Å². The van der Waals surface area contributed by atoms with Crippen molar-refractivity contribution in [2.45, 2.75) is 31.9 Å². The molecule has 1 atom stereocenters. The molecule has 0 unspecified atom stereocenters. The van der Waals surface area contributed by atoms with E-state index in [9.17, 15) is 5.11 Å². The third kappa shape index (κ3) is 6.94. The van der Waals surface area contributed by atoms with E-state index in [1.165, 1.54) is 37.1 Å². The Morgan fingerprint density at radius 3 is 2.34 bits per heavy atom. The third-order valence-electron chi connectivity index (χ3n) is 6.17. The predicted octanol–water partition coefficient (Wildman–Crippen LogP) is 3.11. The molecule has 174 valence electrons. The van der Waals surface area contributed by atoms with Crippen LogP contribution in [-0.2, 0) is 11.3 Å². The van der Waals surface area contributed by atoms with Gasteiger partial charge in [-0.05, 0) is 62.7 Å². The van der Waals surface area contributed by atoms with E-state index < -0.39 is 5.60 Å². The smallest absolute Gasteiger partial charge is 0.134 e. The van der Waals surface area contributed by atoms with Crippen LogP contribution in [0.4, 0.5) is 0 Å². The van der Waals surface area contributed by atoms with Crippen LogP contribution in [-0.4, -0.2) is 79.7 Å². The molecule has 0 bridgehead atoms. The summed E-state index contributed by atoms with van der Waals surface area (Å²) in [6.07, 6.45) is 2.62. The van der Waals surface area contributed by atoms with Gasteiger partial charge in [-0.2, -0.15) is 0 Å². The van der Waals surface area contributed by atoms with Crippen molar-refractivity contribution in [3.05, 3.63) is 59.7 Å². The first-order valence-corrected chi connectivity index (χ1v) is 11.7. The summed E-state index contributed by atoms with van der Waals surface area (Å²) < 4.78 is 17.5. The van der Waals surface area contributed by atoms with E-state index in [1.807, 2.05) is 43.3 Å². The van der Waals surface area contributed by atoms with Crippen molar-refractivity contribution >= 4 is 0 Å². The van der Waals surface area contributed by atoms with Crippen LogP contribution in [0.5, 0.6) is 11.5 Å². The second-order valence-corrected chi connectivity index (χ2v) is 9.13. The molecule has 4 rings (SSSR count). The van der Waals surface area contributed by atoms with Crippen molar-refractivity contribution in [1.82, 2.24) is 9.80 Å². The van der Waals surface area contributed by atoms with E-state index in [1.54, 1.807) is 0 Å². The van der Waals surface area contributed by atoms with Crippen molar-refractivity contribution in [2.24, 2.45) is 0 Å². The fraction of sp³-hybridized carbons (Fsp3) is 0.538. The number of likely N-dealkylation sites (tertiary alicyclic amines) is 1. The Labute approximate surface area is 191 Å². The van der Waals surface area contributed by atoms with E-state index in [0.717, 1.165) is 37.7 Å². The zero-order valence-electron chi connectivity index (χ0n) is 19.2. The molecule has 0 amide bonds. The van der Waals surface area contributed by atoms with Crippen molar-refractivity contribution in [2.75, 3.05) is 59.2 Å². The van der Waals surface area contributed by atoms with Gasteiger partial charge in [0.1, 0.15) is 30.3 Å². The van der Waals surface area contributed by atoms with Gasteiger partial charge in [0.15, 0.2) is 0 Å². The quantitative estimate of drug-likeness (QED) is 0.647. The minimum atomic E-state index is -1.04. The number of aryl methyl sites for hydroxylation is 1. The van der Waals surface area contributed by atoms with E-state index in [2.05, 4.69) is 21.9 Å². The van der Waals surface area contributed by atoms with Crippen LogP contribution in [0.15, 0.2) is 48.5 Å². The second kappa shape index (κ2) is 11.1. The molecule has 6 heteroatoms. The highest BCUT2D eigenvalue weighted by Gasteiger charge is 2.33. The van der Waals surface area contributed by atoms with E-state index in [4.69, 9.17) is 14.2 Å². The summed E-state index contributed by atoms with van der Waals surface area (Å²) in [6, 6.07) is 16.2. The van der Waals surface area contributed by atoms with Crippen LogP contribution in [0.25, 0.3) is 0 Å². The molecule has 2 aliphatic heterocycles. The maximum Gasteiger partial charge on any atom is 0.134 e. The Balaban J connectivity index is 1.26. The summed E-state index contributed by atoms with van der Waals surface area (Å²) >= 11 is 0. The zero-order valence-corrected chi connectivity index (χ0v) is 19.2. The second-order valence-electron chi connectivity index (χ2n) is 9.13. The Kier molecular flexibility index (Phi) is 8.03. The summed E-state index contributed by atoms with van der Waals surface area (Å²) in [5.41, 5.74) is 1.34. The first-order valence-electron chi connectivity index (χ1n) is 11.7.